The summed E-state index contributed by atoms with van der Waals surface area (Å²) in [4.78, 5) is 0. The molecule has 0 unspecified atom stereocenters. The molecule has 29 heavy (non-hydrogen) atoms. The molecule has 3 fully saturated rings. The topological polar surface area (TPSA) is 9.23 Å². The van der Waals surface area contributed by atoms with E-state index in [4.69, 9.17) is 4.74 Å². The fourth-order valence-corrected chi connectivity index (χ4v) is 8.85. The highest BCUT2D eigenvalue weighted by Crippen LogP contribution is 2.67. The molecule has 0 radical (unpaired) electrons. The third-order valence-corrected chi connectivity index (χ3v) is 10.6. The van der Waals surface area contributed by atoms with Crippen LogP contribution in [-0.4, -0.2) is 13.2 Å². The number of methoxy groups -OCH3 is 1. The molecule has 0 saturated heterocycles. The van der Waals surface area contributed by atoms with Crippen LogP contribution in [0.5, 0.6) is 0 Å². The second-order valence-corrected chi connectivity index (χ2v) is 12.4. The molecule has 3 saturated carbocycles. The van der Waals surface area contributed by atoms with Gasteiger partial charge in [-0.3, -0.25) is 0 Å². The van der Waals surface area contributed by atoms with Crippen LogP contribution in [0.4, 0.5) is 0 Å². The molecular weight excluding hydrogens is 352 g/mol. The quantitative estimate of drug-likeness (QED) is 0.410. The van der Waals surface area contributed by atoms with E-state index in [0.29, 0.717) is 16.9 Å². The average Bonchev–Trinajstić information content (AvgIpc) is 3.04. The Balaban J connectivity index is 1.48. The monoisotopic (exact) mass is 400 g/mol. The van der Waals surface area contributed by atoms with E-state index in [1.165, 1.54) is 70.6 Å². The molecule has 1 heteroatoms. The Morgan fingerprint density at radius 2 is 1.79 bits per heavy atom. The highest BCUT2D eigenvalue weighted by atomic mass is 16.5. The smallest absolute Gasteiger partial charge is 0.0608 e. The van der Waals surface area contributed by atoms with Crippen molar-refractivity contribution in [1.29, 1.82) is 0 Å². The van der Waals surface area contributed by atoms with Gasteiger partial charge in [-0.15, -0.1) is 0 Å². The van der Waals surface area contributed by atoms with Gasteiger partial charge in [0.05, 0.1) is 6.10 Å². The number of hydrogen-bond donors (Lipinski definition) is 0. The standard InChI is InChI=1S/C28H48O/c1-19(2)8-7-9-20(3)24-12-13-25-23-11-10-21-18-22(29-6)14-16-27(21,4)26(23)15-17-28(24,25)5/h10,19-20,22-26H,7-9,11-18H2,1-6H3/t20-,22-,23+,24-,25-,26-,27+,28-/m1/s1. The molecule has 166 valence electrons. The Morgan fingerprint density at radius 1 is 1.00 bits per heavy atom. The first-order chi connectivity index (χ1) is 13.8. The van der Waals surface area contributed by atoms with Crippen molar-refractivity contribution in [2.24, 2.45) is 46.3 Å². The van der Waals surface area contributed by atoms with Gasteiger partial charge in [0.1, 0.15) is 0 Å². The zero-order chi connectivity index (χ0) is 20.8. The predicted octanol–water partition coefficient (Wildman–Crippen LogP) is 8.04. The maximum Gasteiger partial charge on any atom is 0.0608 e. The number of fused-ring (bicyclic) bond motifs is 5. The summed E-state index contributed by atoms with van der Waals surface area (Å²) in [6.07, 6.45) is 18.7. The summed E-state index contributed by atoms with van der Waals surface area (Å²) in [5, 5.41) is 0. The van der Waals surface area contributed by atoms with Crippen LogP contribution in [0.25, 0.3) is 0 Å². The van der Waals surface area contributed by atoms with Crippen LogP contribution in [0.2, 0.25) is 0 Å². The molecule has 0 heterocycles. The summed E-state index contributed by atoms with van der Waals surface area (Å²) in [5.74, 6) is 5.63. The Morgan fingerprint density at radius 3 is 2.52 bits per heavy atom. The largest absolute Gasteiger partial charge is 0.381 e. The first kappa shape index (κ1) is 21.9. The number of allylic oxidation sites excluding steroid dienone is 1. The molecule has 1 nitrogen and oxygen atoms in total. The first-order valence-corrected chi connectivity index (χ1v) is 13.0. The van der Waals surface area contributed by atoms with Crippen molar-refractivity contribution in [2.75, 3.05) is 7.11 Å². The molecule has 0 N–H and O–H groups in total. The minimum Gasteiger partial charge on any atom is -0.381 e. The van der Waals surface area contributed by atoms with Crippen molar-refractivity contribution in [2.45, 2.75) is 111 Å². The molecule has 0 aromatic heterocycles. The van der Waals surface area contributed by atoms with E-state index in [2.05, 4.69) is 40.7 Å². The molecule has 0 bridgehead atoms. The van der Waals surface area contributed by atoms with Gasteiger partial charge in [0.25, 0.3) is 0 Å². The Hall–Kier alpha value is -0.300. The molecule has 4 rings (SSSR count). The second kappa shape index (κ2) is 8.33. The molecule has 0 aromatic carbocycles. The van der Waals surface area contributed by atoms with Crippen molar-refractivity contribution in [3.05, 3.63) is 11.6 Å². The minimum atomic E-state index is 0.472. The van der Waals surface area contributed by atoms with Crippen molar-refractivity contribution in [1.82, 2.24) is 0 Å². The van der Waals surface area contributed by atoms with Crippen LogP contribution in [0, 0.1) is 46.3 Å². The van der Waals surface area contributed by atoms with Crippen molar-refractivity contribution >= 4 is 0 Å². The molecule has 8 atom stereocenters. The lowest BCUT2D eigenvalue weighted by Crippen LogP contribution is -2.50. The van der Waals surface area contributed by atoms with E-state index < -0.39 is 0 Å². The van der Waals surface area contributed by atoms with Gasteiger partial charge >= 0.3 is 0 Å². The fourth-order valence-electron chi connectivity index (χ4n) is 8.85. The zero-order valence-corrected chi connectivity index (χ0v) is 20.3. The summed E-state index contributed by atoms with van der Waals surface area (Å²) in [5.41, 5.74) is 2.85. The summed E-state index contributed by atoms with van der Waals surface area (Å²) in [7, 11) is 1.91. The van der Waals surface area contributed by atoms with Crippen LogP contribution in [0.3, 0.4) is 0 Å². The normalized spacial score (nSPS) is 45.3. The highest BCUT2D eigenvalue weighted by Gasteiger charge is 2.59. The maximum atomic E-state index is 5.75. The molecule has 0 aliphatic heterocycles. The van der Waals surface area contributed by atoms with Gasteiger partial charge in [0.15, 0.2) is 0 Å². The molecule has 4 aliphatic rings. The van der Waals surface area contributed by atoms with Gasteiger partial charge in [0, 0.05) is 7.11 Å². The van der Waals surface area contributed by atoms with Gasteiger partial charge < -0.3 is 4.74 Å². The number of ether oxygens (including phenoxy) is 1. The molecule has 4 aliphatic carbocycles. The number of hydrogen-bond acceptors (Lipinski definition) is 1. The first-order valence-electron chi connectivity index (χ1n) is 13.0. The Kier molecular flexibility index (Phi) is 6.29. The second-order valence-electron chi connectivity index (χ2n) is 12.4. The maximum absolute atomic E-state index is 5.75. The van der Waals surface area contributed by atoms with E-state index in [9.17, 15) is 0 Å². The van der Waals surface area contributed by atoms with Crippen molar-refractivity contribution in [3.8, 4) is 0 Å². The predicted molar refractivity (Wildman–Crippen MR) is 124 cm³/mol. The van der Waals surface area contributed by atoms with Crippen molar-refractivity contribution < 1.29 is 4.74 Å². The van der Waals surface area contributed by atoms with Gasteiger partial charge in [-0.05, 0) is 97.7 Å². The van der Waals surface area contributed by atoms with E-state index in [-0.39, 0.29) is 0 Å². The lowest BCUT2D eigenvalue weighted by Gasteiger charge is -2.58. The molecule has 0 spiro atoms. The Bertz CT molecular complexity index is 605. The average molecular weight is 401 g/mol. The third-order valence-electron chi connectivity index (χ3n) is 10.6. The van der Waals surface area contributed by atoms with Crippen LogP contribution >= 0.6 is 0 Å². The number of rotatable bonds is 6. The van der Waals surface area contributed by atoms with Crippen LogP contribution in [-0.2, 0) is 4.74 Å². The fraction of sp³-hybridized carbons (Fsp3) is 0.929. The lowest BCUT2D eigenvalue weighted by atomic mass is 9.47. The third kappa shape index (κ3) is 3.77. The van der Waals surface area contributed by atoms with Gasteiger partial charge in [0.2, 0.25) is 0 Å². The van der Waals surface area contributed by atoms with Crippen LogP contribution < -0.4 is 0 Å². The molecule has 0 amide bonds. The zero-order valence-electron chi connectivity index (χ0n) is 20.3. The summed E-state index contributed by atoms with van der Waals surface area (Å²) < 4.78 is 5.75. The molecular formula is C28H48O. The molecule has 0 aromatic rings. The summed E-state index contributed by atoms with van der Waals surface area (Å²) in [6, 6.07) is 0. The van der Waals surface area contributed by atoms with E-state index >= 15 is 0 Å². The van der Waals surface area contributed by atoms with Gasteiger partial charge in [-0.25, -0.2) is 0 Å². The van der Waals surface area contributed by atoms with Gasteiger partial charge in [-0.1, -0.05) is 65.5 Å². The van der Waals surface area contributed by atoms with E-state index in [1.807, 2.05) is 7.11 Å². The summed E-state index contributed by atoms with van der Waals surface area (Å²) in [6.45, 7) is 12.7. The van der Waals surface area contributed by atoms with Crippen LogP contribution in [0.1, 0.15) is 105 Å². The van der Waals surface area contributed by atoms with E-state index in [0.717, 1.165) is 35.5 Å². The van der Waals surface area contributed by atoms with E-state index in [1.54, 1.807) is 5.57 Å². The van der Waals surface area contributed by atoms with Crippen molar-refractivity contribution in [3.63, 3.8) is 0 Å². The Labute approximate surface area is 181 Å². The lowest BCUT2D eigenvalue weighted by molar-refractivity contribution is -0.0601. The minimum absolute atomic E-state index is 0.472. The summed E-state index contributed by atoms with van der Waals surface area (Å²) >= 11 is 0. The van der Waals surface area contributed by atoms with Crippen LogP contribution in [0.15, 0.2) is 11.6 Å². The van der Waals surface area contributed by atoms with Gasteiger partial charge in [-0.2, -0.15) is 0 Å². The SMILES string of the molecule is CO[C@@H]1CC[C@@]2(C)C(=CC[C@H]3[C@H]4CC[C@H]([C@H](C)CCCC(C)C)[C@@]4(C)CC[C@H]32)C1. The highest BCUT2D eigenvalue weighted by molar-refractivity contribution is 5.25.